The first-order valence-corrected chi connectivity index (χ1v) is 7.57. The Hall–Kier alpha value is -1.35. The lowest BCUT2D eigenvalue weighted by molar-refractivity contribution is -0.141. The van der Waals surface area contributed by atoms with Crippen molar-refractivity contribution in [3.05, 3.63) is 0 Å². The zero-order valence-corrected chi connectivity index (χ0v) is 11.5. The van der Waals surface area contributed by atoms with Gasteiger partial charge in [0.1, 0.15) is 0 Å². The summed E-state index contributed by atoms with van der Waals surface area (Å²) in [5.74, 6) is -1.56. The van der Waals surface area contributed by atoms with Crippen molar-refractivity contribution < 1.29 is 28.2 Å². The molecule has 19 heavy (non-hydrogen) atoms. The molecule has 0 aromatic rings. The highest BCUT2D eigenvalue weighted by Crippen LogP contribution is 2.22. The number of aliphatic hydroxyl groups is 1. The van der Waals surface area contributed by atoms with Crippen LogP contribution in [0.3, 0.4) is 0 Å². The van der Waals surface area contributed by atoms with Crippen molar-refractivity contribution >= 4 is 21.8 Å². The van der Waals surface area contributed by atoms with Gasteiger partial charge in [0.15, 0.2) is 15.9 Å². The lowest BCUT2D eigenvalue weighted by Crippen LogP contribution is -2.56. The third-order valence-corrected chi connectivity index (χ3v) is 4.86. The van der Waals surface area contributed by atoms with Crippen molar-refractivity contribution in [2.24, 2.45) is 0 Å². The van der Waals surface area contributed by atoms with Gasteiger partial charge in [0.05, 0.1) is 23.1 Å². The molecule has 0 saturated carbocycles. The summed E-state index contributed by atoms with van der Waals surface area (Å²) in [6, 6.07) is -2.26. The first kappa shape index (κ1) is 15.7. The summed E-state index contributed by atoms with van der Waals surface area (Å²) >= 11 is 0. The molecule has 1 heterocycles. The van der Waals surface area contributed by atoms with Gasteiger partial charge in [-0.1, -0.05) is 0 Å². The quantitative estimate of drug-likeness (QED) is 0.509. The number of nitrogens with one attached hydrogen (secondary N) is 2. The van der Waals surface area contributed by atoms with Crippen LogP contribution in [0.15, 0.2) is 0 Å². The lowest BCUT2D eigenvalue weighted by atomic mass is 10.0. The van der Waals surface area contributed by atoms with Crippen molar-refractivity contribution in [3.8, 4) is 0 Å². The molecule has 0 spiro atoms. The van der Waals surface area contributed by atoms with Crippen molar-refractivity contribution in [2.75, 3.05) is 11.5 Å². The molecule has 4 N–H and O–H groups in total. The second kappa shape index (κ2) is 5.33. The number of hydrogen-bond acceptors (Lipinski definition) is 5. The number of rotatable bonds is 4. The Morgan fingerprint density at radius 3 is 2.32 bits per heavy atom. The Balaban J connectivity index is 2.63. The minimum absolute atomic E-state index is 0.0114. The fourth-order valence-corrected chi connectivity index (χ4v) is 4.04. The molecule has 3 unspecified atom stereocenters. The highest BCUT2D eigenvalue weighted by Gasteiger charge is 2.40. The third kappa shape index (κ3) is 4.35. The smallest absolute Gasteiger partial charge is 0.328 e. The van der Waals surface area contributed by atoms with E-state index >= 15 is 0 Å². The van der Waals surface area contributed by atoms with Crippen LogP contribution in [-0.2, 0) is 14.6 Å². The fraction of sp³-hybridized carbons (Fsp3) is 0.800. The van der Waals surface area contributed by atoms with Gasteiger partial charge < -0.3 is 20.8 Å². The van der Waals surface area contributed by atoms with E-state index in [2.05, 4.69) is 10.6 Å². The number of sulfone groups is 1. The molecule has 0 aromatic carbocycles. The van der Waals surface area contributed by atoms with E-state index in [0.717, 1.165) is 0 Å². The van der Waals surface area contributed by atoms with Crippen LogP contribution < -0.4 is 10.6 Å². The summed E-state index contributed by atoms with van der Waals surface area (Å²) in [5.41, 5.74) is -0.912. The van der Waals surface area contributed by atoms with Gasteiger partial charge in [-0.2, -0.15) is 0 Å². The summed E-state index contributed by atoms with van der Waals surface area (Å²) in [6.07, 6.45) is -0.988. The van der Waals surface area contributed by atoms with Crippen LogP contribution in [0.25, 0.3) is 0 Å². The Morgan fingerprint density at radius 1 is 1.37 bits per heavy atom. The Bertz CT molecular complexity index is 474. The second-order valence-corrected chi connectivity index (χ2v) is 7.24. The molecule has 8 nitrogen and oxygen atoms in total. The molecule has 2 amide bonds. The molecular formula is C10H18N2O6S. The summed E-state index contributed by atoms with van der Waals surface area (Å²) in [7, 11) is -3.17. The molecule has 1 rings (SSSR count). The van der Waals surface area contributed by atoms with Gasteiger partial charge in [-0.25, -0.2) is 18.0 Å². The van der Waals surface area contributed by atoms with Crippen molar-refractivity contribution in [1.29, 1.82) is 0 Å². The standard InChI is InChI=1S/C10H18N2O6S/c1-6(13)7(8(14)15)11-9(16)12-10(2)3-4-19(17,18)5-10/h6-7,13H,3-5H2,1-2H3,(H,14,15)(H2,11,12,16). The molecule has 0 aliphatic carbocycles. The molecule has 1 saturated heterocycles. The Labute approximate surface area is 111 Å². The molecule has 9 heteroatoms. The van der Waals surface area contributed by atoms with Crippen LogP contribution in [0.4, 0.5) is 4.79 Å². The molecule has 1 fully saturated rings. The van der Waals surface area contributed by atoms with E-state index < -0.39 is 39.5 Å². The van der Waals surface area contributed by atoms with Crippen molar-refractivity contribution in [1.82, 2.24) is 10.6 Å². The van der Waals surface area contributed by atoms with E-state index in [-0.39, 0.29) is 17.9 Å². The average Bonchev–Trinajstić information content (AvgIpc) is 2.48. The largest absolute Gasteiger partial charge is 0.480 e. The molecule has 0 radical (unpaired) electrons. The molecule has 110 valence electrons. The predicted octanol–water partition coefficient (Wildman–Crippen LogP) is -1.30. The summed E-state index contributed by atoms with van der Waals surface area (Å²) in [6.45, 7) is 2.82. The molecular weight excluding hydrogens is 276 g/mol. The fourth-order valence-electron chi connectivity index (χ4n) is 1.95. The van der Waals surface area contributed by atoms with Crippen molar-refractivity contribution in [2.45, 2.75) is 38.0 Å². The first-order chi connectivity index (χ1) is 8.55. The Kier molecular flexibility index (Phi) is 4.41. The summed E-state index contributed by atoms with van der Waals surface area (Å²) in [5, 5.41) is 22.6. The number of carboxylic acid groups (broad SMARTS) is 1. The first-order valence-electron chi connectivity index (χ1n) is 5.75. The van der Waals surface area contributed by atoms with Gasteiger partial charge >= 0.3 is 12.0 Å². The van der Waals surface area contributed by atoms with Crippen LogP contribution in [0.2, 0.25) is 0 Å². The van der Waals surface area contributed by atoms with E-state index in [1.165, 1.54) is 6.92 Å². The third-order valence-electron chi connectivity index (χ3n) is 2.95. The van der Waals surface area contributed by atoms with Gasteiger partial charge in [-0.3, -0.25) is 0 Å². The second-order valence-electron chi connectivity index (χ2n) is 5.06. The number of amides is 2. The zero-order valence-electron chi connectivity index (χ0n) is 10.7. The zero-order chi connectivity index (χ0) is 14.8. The number of urea groups is 1. The van der Waals surface area contributed by atoms with E-state index in [9.17, 15) is 23.1 Å². The van der Waals surface area contributed by atoms with Crippen molar-refractivity contribution in [3.63, 3.8) is 0 Å². The number of carbonyl (C=O) groups excluding carboxylic acids is 1. The average molecular weight is 294 g/mol. The van der Waals surface area contributed by atoms with Gasteiger partial charge in [0, 0.05) is 0 Å². The lowest BCUT2D eigenvalue weighted by Gasteiger charge is -2.26. The minimum atomic E-state index is -3.17. The van der Waals surface area contributed by atoms with Crippen LogP contribution in [0.1, 0.15) is 20.3 Å². The minimum Gasteiger partial charge on any atom is -0.480 e. The number of hydrogen-bond donors (Lipinski definition) is 4. The monoisotopic (exact) mass is 294 g/mol. The normalized spacial score (nSPS) is 28.4. The van der Waals surface area contributed by atoms with E-state index in [0.29, 0.717) is 0 Å². The highest BCUT2D eigenvalue weighted by atomic mass is 32.2. The van der Waals surface area contributed by atoms with E-state index in [1.54, 1.807) is 6.92 Å². The summed E-state index contributed by atoms with van der Waals surface area (Å²) < 4.78 is 22.7. The molecule has 3 atom stereocenters. The number of aliphatic carboxylic acids is 1. The maximum absolute atomic E-state index is 11.6. The maximum Gasteiger partial charge on any atom is 0.328 e. The molecule has 1 aliphatic heterocycles. The molecule has 0 bridgehead atoms. The Morgan fingerprint density at radius 2 is 1.95 bits per heavy atom. The maximum atomic E-state index is 11.6. The van der Waals surface area contributed by atoms with E-state index in [1.807, 2.05) is 0 Å². The summed E-state index contributed by atoms with van der Waals surface area (Å²) in [4.78, 5) is 22.4. The number of aliphatic hydroxyl groups excluding tert-OH is 1. The highest BCUT2D eigenvalue weighted by molar-refractivity contribution is 7.91. The van der Waals surface area contributed by atoms with E-state index in [4.69, 9.17) is 5.11 Å². The molecule has 0 aromatic heterocycles. The SMILES string of the molecule is CC(O)C(NC(=O)NC1(C)CCS(=O)(=O)C1)C(=O)O. The van der Waals surface area contributed by atoms with Gasteiger partial charge in [-0.05, 0) is 20.3 Å². The van der Waals surface area contributed by atoms with Crippen LogP contribution in [0, 0.1) is 0 Å². The van der Waals surface area contributed by atoms with Gasteiger partial charge in [0.2, 0.25) is 0 Å². The molecule has 1 aliphatic rings. The van der Waals surface area contributed by atoms with Crippen LogP contribution >= 0.6 is 0 Å². The van der Waals surface area contributed by atoms with Gasteiger partial charge in [0.25, 0.3) is 0 Å². The number of carbonyl (C=O) groups is 2. The van der Waals surface area contributed by atoms with Gasteiger partial charge in [-0.15, -0.1) is 0 Å². The number of carboxylic acids is 1. The van der Waals surface area contributed by atoms with Crippen LogP contribution in [-0.4, -0.2) is 59.8 Å². The topological polar surface area (TPSA) is 133 Å². The van der Waals surface area contributed by atoms with Crippen LogP contribution in [0.5, 0.6) is 0 Å². The predicted molar refractivity (Wildman–Crippen MR) is 66.4 cm³/mol.